The highest BCUT2D eigenvalue weighted by Crippen LogP contribution is 2.33. The topological polar surface area (TPSA) is 95.3 Å². The number of methoxy groups -OCH3 is 1. The van der Waals surface area contributed by atoms with E-state index in [1.165, 1.54) is 25.6 Å². The van der Waals surface area contributed by atoms with Gasteiger partial charge in [0, 0.05) is 32.3 Å². The van der Waals surface area contributed by atoms with Crippen molar-refractivity contribution in [3.8, 4) is 22.8 Å². The zero-order chi connectivity index (χ0) is 18.3. The van der Waals surface area contributed by atoms with Crippen LogP contribution in [0, 0.1) is 0 Å². The van der Waals surface area contributed by atoms with E-state index in [0.29, 0.717) is 28.2 Å². The number of carbonyl (C=O) groups is 1. The summed E-state index contributed by atoms with van der Waals surface area (Å²) in [6.07, 6.45) is 0. The molecule has 0 aliphatic heterocycles. The molecular formula is C17H17N3O5. The van der Waals surface area contributed by atoms with E-state index in [0.717, 1.165) is 10.1 Å². The normalized spacial score (nSPS) is 10.9. The molecule has 0 saturated heterocycles. The Morgan fingerprint density at radius 2 is 1.80 bits per heavy atom. The number of rotatable bonds is 3. The van der Waals surface area contributed by atoms with Crippen LogP contribution in [0.15, 0.2) is 33.9 Å². The van der Waals surface area contributed by atoms with Gasteiger partial charge in [0.05, 0.1) is 12.6 Å². The quantitative estimate of drug-likeness (QED) is 0.569. The summed E-state index contributed by atoms with van der Waals surface area (Å²) in [6, 6.07) is 6.75. The Morgan fingerprint density at radius 3 is 2.44 bits per heavy atom. The summed E-state index contributed by atoms with van der Waals surface area (Å²) in [5.74, 6) is 0.237. The number of aryl methyl sites for hydroxylation is 1. The molecule has 0 saturated carbocycles. The minimum Gasteiger partial charge on any atom is -0.493 e. The molecule has 0 spiro atoms. The number of fused-ring (bicyclic) bond motifs is 1. The number of hydrogen-bond acceptors (Lipinski definition) is 5. The van der Waals surface area contributed by atoms with Crippen molar-refractivity contribution < 1.29 is 14.3 Å². The highest BCUT2D eigenvalue weighted by Gasteiger charge is 2.14. The fourth-order valence-electron chi connectivity index (χ4n) is 2.68. The number of carbonyl (C=O) groups excluding carboxylic acids is 1. The van der Waals surface area contributed by atoms with Crippen molar-refractivity contribution in [3.05, 3.63) is 45.1 Å². The van der Waals surface area contributed by atoms with Gasteiger partial charge in [-0.15, -0.1) is 0 Å². The SMILES string of the molecule is COc1cc(-c2cc3c([nH]2)c(=O)n(C)c(=O)n3C)ccc1OC(C)=O. The standard InChI is InChI=1S/C17H17N3O5/c1-9(21)25-13-6-5-10(7-14(13)24-4)11-8-12-15(18-11)16(22)20(3)17(23)19(12)2/h5-8,18H,1-4H3. The van der Waals surface area contributed by atoms with E-state index in [9.17, 15) is 14.4 Å². The molecule has 0 atom stereocenters. The average Bonchev–Trinajstić information content (AvgIpc) is 3.03. The van der Waals surface area contributed by atoms with E-state index in [4.69, 9.17) is 9.47 Å². The molecule has 0 aliphatic rings. The Labute approximate surface area is 142 Å². The number of esters is 1. The third-order valence-corrected chi connectivity index (χ3v) is 3.98. The molecule has 1 N–H and O–H groups in total. The number of nitrogens with one attached hydrogen (secondary N) is 1. The van der Waals surface area contributed by atoms with Crippen LogP contribution >= 0.6 is 0 Å². The number of ether oxygens (including phenoxy) is 2. The fraction of sp³-hybridized carbons (Fsp3) is 0.235. The molecule has 3 rings (SSSR count). The molecule has 0 fully saturated rings. The van der Waals surface area contributed by atoms with Crippen LogP contribution in [0.25, 0.3) is 22.3 Å². The number of hydrogen-bond donors (Lipinski definition) is 1. The maximum absolute atomic E-state index is 12.3. The van der Waals surface area contributed by atoms with Crippen LogP contribution in [0.4, 0.5) is 0 Å². The maximum Gasteiger partial charge on any atom is 0.331 e. The molecule has 130 valence electrons. The van der Waals surface area contributed by atoms with Gasteiger partial charge < -0.3 is 14.5 Å². The molecule has 25 heavy (non-hydrogen) atoms. The molecule has 2 aromatic heterocycles. The molecule has 1 aromatic carbocycles. The minimum atomic E-state index is -0.449. The lowest BCUT2D eigenvalue weighted by molar-refractivity contribution is -0.132. The maximum atomic E-state index is 12.3. The van der Waals surface area contributed by atoms with Crippen molar-refractivity contribution in [2.75, 3.05) is 7.11 Å². The summed E-state index contributed by atoms with van der Waals surface area (Å²) in [4.78, 5) is 38.5. The highest BCUT2D eigenvalue weighted by atomic mass is 16.6. The van der Waals surface area contributed by atoms with Gasteiger partial charge in [0.2, 0.25) is 0 Å². The number of benzene rings is 1. The molecule has 0 radical (unpaired) electrons. The number of aromatic nitrogens is 3. The van der Waals surface area contributed by atoms with Gasteiger partial charge >= 0.3 is 11.7 Å². The first kappa shape index (κ1) is 16.6. The summed E-state index contributed by atoms with van der Waals surface area (Å²) < 4.78 is 12.8. The number of H-pyrrole nitrogens is 1. The monoisotopic (exact) mass is 343 g/mol. The summed E-state index contributed by atoms with van der Waals surface area (Å²) in [5.41, 5.74) is 1.41. The van der Waals surface area contributed by atoms with Gasteiger partial charge in [-0.05, 0) is 24.3 Å². The second-order valence-electron chi connectivity index (χ2n) is 5.61. The van der Waals surface area contributed by atoms with Crippen LogP contribution in [-0.2, 0) is 18.9 Å². The summed E-state index contributed by atoms with van der Waals surface area (Å²) in [5, 5.41) is 0. The molecule has 8 heteroatoms. The molecular weight excluding hydrogens is 326 g/mol. The lowest BCUT2D eigenvalue weighted by Crippen LogP contribution is -2.36. The molecule has 3 aromatic rings. The van der Waals surface area contributed by atoms with Crippen LogP contribution in [0.5, 0.6) is 11.5 Å². The Hall–Kier alpha value is -3.29. The van der Waals surface area contributed by atoms with Gasteiger partial charge in [-0.1, -0.05) is 0 Å². The van der Waals surface area contributed by atoms with Crippen LogP contribution in [0.3, 0.4) is 0 Å². The van der Waals surface area contributed by atoms with Crippen molar-refractivity contribution in [1.29, 1.82) is 0 Å². The zero-order valence-corrected chi connectivity index (χ0v) is 14.2. The second-order valence-corrected chi connectivity index (χ2v) is 5.61. The summed E-state index contributed by atoms with van der Waals surface area (Å²) >= 11 is 0. The Balaban J connectivity index is 2.19. The van der Waals surface area contributed by atoms with Crippen LogP contribution in [0.1, 0.15) is 6.92 Å². The molecule has 0 amide bonds. The van der Waals surface area contributed by atoms with Crippen molar-refractivity contribution in [2.24, 2.45) is 14.1 Å². The lowest BCUT2D eigenvalue weighted by atomic mass is 10.1. The minimum absolute atomic E-state index is 0.304. The largest absolute Gasteiger partial charge is 0.493 e. The van der Waals surface area contributed by atoms with Crippen LogP contribution in [0.2, 0.25) is 0 Å². The average molecular weight is 343 g/mol. The predicted molar refractivity (Wildman–Crippen MR) is 92.1 cm³/mol. The summed E-state index contributed by atoms with van der Waals surface area (Å²) in [6.45, 7) is 1.31. The lowest BCUT2D eigenvalue weighted by Gasteiger charge is -2.09. The van der Waals surface area contributed by atoms with Crippen molar-refractivity contribution in [1.82, 2.24) is 14.1 Å². The first-order valence-electron chi connectivity index (χ1n) is 7.49. The van der Waals surface area contributed by atoms with E-state index in [2.05, 4.69) is 4.98 Å². The third-order valence-electron chi connectivity index (χ3n) is 3.98. The van der Waals surface area contributed by atoms with Crippen molar-refractivity contribution in [2.45, 2.75) is 6.92 Å². The molecule has 0 aliphatic carbocycles. The third kappa shape index (κ3) is 2.71. The van der Waals surface area contributed by atoms with E-state index in [1.807, 2.05) is 0 Å². The highest BCUT2D eigenvalue weighted by molar-refractivity contribution is 5.83. The Morgan fingerprint density at radius 1 is 1.08 bits per heavy atom. The Bertz CT molecular complexity index is 1100. The number of nitrogens with zero attached hydrogens (tertiary/aromatic N) is 2. The van der Waals surface area contributed by atoms with Gasteiger partial charge in [-0.2, -0.15) is 0 Å². The van der Waals surface area contributed by atoms with Gasteiger partial charge in [-0.25, -0.2) is 4.79 Å². The van der Waals surface area contributed by atoms with Gasteiger partial charge in [-0.3, -0.25) is 18.7 Å². The molecule has 0 bridgehead atoms. The van der Waals surface area contributed by atoms with Crippen molar-refractivity contribution >= 4 is 17.0 Å². The van der Waals surface area contributed by atoms with E-state index < -0.39 is 17.2 Å². The van der Waals surface area contributed by atoms with E-state index in [-0.39, 0.29) is 0 Å². The van der Waals surface area contributed by atoms with Crippen LogP contribution in [-0.4, -0.2) is 27.2 Å². The summed E-state index contributed by atoms with van der Waals surface area (Å²) in [7, 11) is 4.50. The van der Waals surface area contributed by atoms with Crippen molar-refractivity contribution in [3.63, 3.8) is 0 Å². The molecule has 0 unspecified atom stereocenters. The fourth-order valence-corrected chi connectivity index (χ4v) is 2.68. The smallest absolute Gasteiger partial charge is 0.331 e. The van der Waals surface area contributed by atoms with Gasteiger partial charge in [0.1, 0.15) is 5.52 Å². The molecule has 2 heterocycles. The first-order chi connectivity index (χ1) is 11.8. The van der Waals surface area contributed by atoms with E-state index in [1.54, 1.807) is 31.3 Å². The van der Waals surface area contributed by atoms with Gasteiger partial charge in [0.25, 0.3) is 5.56 Å². The predicted octanol–water partition coefficient (Wildman–Crippen LogP) is 1.17. The molecule has 8 nitrogen and oxygen atoms in total. The number of aromatic amines is 1. The van der Waals surface area contributed by atoms with Crippen LogP contribution < -0.4 is 20.7 Å². The van der Waals surface area contributed by atoms with Gasteiger partial charge in [0.15, 0.2) is 11.5 Å². The Kier molecular flexibility index (Phi) is 3.96. The zero-order valence-electron chi connectivity index (χ0n) is 14.2. The van der Waals surface area contributed by atoms with E-state index >= 15 is 0 Å². The first-order valence-corrected chi connectivity index (χ1v) is 7.49. The second kappa shape index (κ2) is 5.97.